The molecule has 0 radical (unpaired) electrons. The van der Waals surface area contributed by atoms with Crippen LogP contribution >= 0.6 is 0 Å². The summed E-state index contributed by atoms with van der Waals surface area (Å²) in [6.07, 6.45) is 0. The highest BCUT2D eigenvalue weighted by Gasteiger charge is 2.18. The minimum atomic E-state index is 0.583. The van der Waals surface area contributed by atoms with Crippen LogP contribution in [-0.2, 0) is 0 Å². The Hall–Kier alpha value is -6.07. The normalized spacial score (nSPS) is 11.6. The molecule has 5 nitrogen and oxygen atoms in total. The fraction of sp³-hybridized carbons (Fsp3) is 0. The number of para-hydroxylation sites is 3. The summed E-state index contributed by atoms with van der Waals surface area (Å²) in [5, 5.41) is 4.53. The average molecular weight is 565 g/mol. The van der Waals surface area contributed by atoms with Crippen molar-refractivity contribution in [3.8, 4) is 39.9 Å². The topological polar surface area (TPSA) is 56.7 Å². The fourth-order valence-electron chi connectivity index (χ4n) is 6.29. The van der Waals surface area contributed by atoms with Crippen molar-refractivity contribution in [2.45, 2.75) is 0 Å². The van der Waals surface area contributed by atoms with Crippen molar-refractivity contribution in [2.24, 2.45) is 0 Å². The maximum absolute atomic E-state index is 6.19. The molecular formula is C39H24N4O. The van der Waals surface area contributed by atoms with Crippen LogP contribution in [0, 0.1) is 0 Å². The molecule has 44 heavy (non-hydrogen) atoms. The summed E-state index contributed by atoms with van der Waals surface area (Å²) in [7, 11) is 0. The molecule has 0 N–H and O–H groups in total. The zero-order chi connectivity index (χ0) is 29.0. The Kier molecular flexibility index (Phi) is 5.43. The van der Waals surface area contributed by atoms with Crippen molar-refractivity contribution >= 4 is 43.7 Å². The summed E-state index contributed by atoms with van der Waals surface area (Å²) >= 11 is 0. The lowest BCUT2D eigenvalue weighted by Gasteiger charge is -2.12. The Morgan fingerprint density at radius 3 is 1.77 bits per heavy atom. The van der Waals surface area contributed by atoms with Crippen LogP contribution < -0.4 is 0 Å². The first-order valence-electron chi connectivity index (χ1n) is 14.6. The molecule has 0 atom stereocenters. The summed E-state index contributed by atoms with van der Waals surface area (Å²) < 4.78 is 8.33. The number of benzene rings is 6. The van der Waals surface area contributed by atoms with Gasteiger partial charge >= 0.3 is 0 Å². The Labute approximate surface area is 252 Å². The molecule has 0 saturated heterocycles. The molecule has 3 heterocycles. The third kappa shape index (κ3) is 3.83. The quantitative estimate of drug-likeness (QED) is 0.213. The van der Waals surface area contributed by atoms with E-state index in [0.717, 1.165) is 66.0 Å². The van der Waals surface area contributed by atoms with E-state index in [9.17, 15) is 0 Å². The molecule has 0 aliphatic carbocycles. The Morgan fingerprint density at radius 2 is 1.00 bits per heavy atom. The molecule has 0 fully saturated rings. The second kappa shape index (κ2) is 9.75. The number of rotatable bonds is 4. The largest absolute Gasteiger partial charge is 0.456 e. The van der Waals surface area contributed by atoms with Gasteiger partial charge in [0.05, 0.1) is 11.0 Å². The van der Waals surface area contributed by atoms with E-state index in [0.29, 0.717) is 17.6 Å². The number of nitrogens with zero attached hydrogens (tertiary/aromatic N) is 4. The molecule has 9 aromatic rings. The van der Waals surface area contributed by atoms with Gasteiger partial charge < -0.3 is 4.42 Å². The highest BCUT2D eigenvalue weighted by Crippen LogP contribution is 2.38. The van der Waals surface area contributed by atoms with Crippen molar-refractivity contribution in [2.75, 3.05) is 0 Å². The molecule has 0 amide bonds. The van der Waals surface area contributed by atoms with Crippen LogP contribution in [0.3, 0.4) is 0 Å². The van der Waals surface area contributed by atoms with Gasteiger partial charge in [0.1, 0.15) is 11.2 Å². The Morgan fingerprint density at radius 1 is 0.432 bits per heavy atom. The molecule has 6 aromatic carbocycles. The molecule has 206 valence electrons. The van der Waals surface area contributed by atoms with Gasteiger partial charge in [-0.3, -0.25) is 4.57 Å². The van der Waals surface area contributed by atoms with Gasteiger partial charge in [0.15, 0.2) is 11.6 Å². The second-order valence-electron chi connectivity index (χ2n) is 10.9. The first-order valence-corrected chi connectivity index (χ1v) is 14.6. The number of aromatic nitrogens is 4. The second-order valence-corrected chi connectivity index (χ2v) is 10.9. The van der Waals surface area contributed by atoms with Crippen molar-refractivity contribution in [1.82, 2.24) is 19.5 Å². The molecule has 9 rings (SSSR count). The van der Waals surface area contributed by atoms with E-state index in [2.05, 4.69) is 95.6 Å². The number of hydrogen-bond donors (Lipinski definition) is 0. The SMILES string of the molecule is c1ccc(-c2nc(-c3cccc(-c4cccc5oc6ccccc6c45)c3)nc(-n3c4ccccc4c4ccccc43)n2)cc1. The van der Waals surface area contributed by atoms with Crippen LogP contribution in [-0.4, -0.2) is 19.5 Å². The van der Waals surface area contributed by atoms with Gasteiger partial charge in [-0.2, -0.15) is 9.97 Å². The average Bonchev–Trinajstić information content (AvgIpc) is 3.65. The van der Waals surface area contributed by atoms with Crippen molar-refractivity contribution < 1.29 is 4.42 Å². The van der Waals surface area contributed by atoms with Crippen LogP contribution in [0.25, 0.3) is 83.6 Å². The Balaban J connectivity index is 1.28. The molecule has 0 aliphatic rings. The first kappa shape index (κ1) is 24.5. The van der Waals surface area contributed by atoms with Gasteiger partial charge in [-0.1, -0.05) is 115 Å². The fourth-order valence-corrected chi connectivity index (χ4v) is 6.29. The molecular weight excluding hydrogens is 540 g/mol. The molecule has 0 aliphatic heterocycles. The van der Waals surface area contributed by atoms with E-state index in [1.165, 1.54) is 0 Å². The third-order valence-corrected chi connectivity index (χ3v) is 8.27. The number of fused-ring (bicyclic) bond motifs is 6. The lowest BCUT2D eigenvalue weighted by molar-refractivity contribution is 0.669. The van der Waals surface area contributed by atoms with Gasteiger partial charge in [-0.05, 0) is 41.5 Å². The van der Waals surface area contributed by atoms with E-state index in [4.69, 9.17) is 19.4 Å². The molecule has 0 unspecified atom stereocenters. The van der Waals surface area contributed by atoms with E-state index < -0.39 is 0 Å². The van der Waals surface area contributed by atoms with Crippen LogP contribution in [0.4, 0.5) is 0 Å². The molecule has 0 saturated carbocycles. The number of furan rings is 1. The summed E-state index contributed by atoms with van der Waals surface area (Å²) in [5.74, 6) is 1.82. The summed E-state index contributed by atoms with van der Waals surface area (Å²) in [6, 6.07) is 49.7. The molecule has 5 heteroatoms. The molecule has 3 aromatic heterocycles. The van der Waals surface area contributed by atoms with Gasteiger partial charge in [0.2, 0.25) is 5.95 Å². The smallest absolute Gasteiger partial charge is 0.238 e. The van der Waals surface area contributed by atoms with E-state index in [1.807, 2.05) is 54.6 Å². The van der Waals surface area contributed by atoms with Gasteiger partial charge in [0.25, 0.3) is 0 Å². The summed E-state index contributed by atoms with van der Waals surface area (Å²) in [5.41, 5.74) is 7.88. The van der Waals surface area contributed by atoms with E-state index in [-0.39, 0.29) is 0 Å². The monoisotopic (exact) mass is 564 g/mol. The van der Waals surface area contributed by atoms with E-state index >= 15 is 0 Å². The highest BCUT2D eigenvalue weighted by atomic mass is 16.3. The third-order valence-electron chi connectivity index (χ3n) is 8.27. The summed E-state index contributed by atoms with van der Waals surface area (Å²) in [4.78, 5) is 15.2. The lowest BCUT2D eigenvalue weighted by atomic mass is 9.98. The van der Waals surface area contributed by atoms with Crippen LogP contribution in [0.15, 0.2) is 150 Å². The molecule has 0 spiro atoms. The van der Waals surface area contributed by atoms with Crippen LogP contribution in [0.2, 0.25) is 0 Å². The number of hydrogen-bond acceptors (Lipinski definition) is 4. The minimum absolute atomic E-state index is 0.583. The van der Waals surface area contributed by atoms with Crippen LogP contribution in [0.1, 0.15) is 0 Å². The highest BCUT2D eigenvalue weighted by molar-refractivity contribution is 6.12. The standard InChI is InChI=1S/C39H24N4O/c1-2-12-25(13-3-1)37-40-38(42-39(41-37)43-32-20-7-4-16-29(32)30-17-5-8-21-33(30)43)27-15-10-14-26(24-27)28-19-11-23-35-36(28)31-18-6-9-22-34(31)44-35/h1-24H. The predicted molar refractivity (Wildman–Crippen MR) is 178 cm³/mol. The molecule has 0 bridgehead atoms. The van der Waals surface area contributed by atoms with Gasteiger partial charge in [-0.15, -0.1) is 0 Å². The summed E-state index contributed by atoms with van der Waals surface area (Å²) in [6.45, 7) is 0. The maximum atomic E-state index is 6.19. The maximum Gasteiger partial charge on any atom is 0.238 e. The van der Waals surface area contributed by atoms with Gasteiger partial charge in [-0.25, -0.2) is 4.98 Å². The van der Waals surface area contributed by atoms with Crippen molar-refractivity contribution in [3.63, 3.8) is 0 Å². The van der Waals surface area contributed by atoms with Crippen molar-refractivity contribution in [3.05, 3.63) is 146 Å². The minimum Gasteiger partial charge on any atom is -0.456 e. The van der Waals surface area contributed by atoms with Crippen molar-refractivity contribution in [1.29, 1.82) is 0 Å². The Bertz CT molecular complexity index is 2460. The van der Waals surface area contributed by atoms with Gasteiger partial charge in [0, 0.05) is 32.7 Å². The predicted octanol–water partition coefficient (Wildman–Crippen LogP) is 9.87. The lowest BCUT2D eigenvalue weighted by Crippen LogP contribution is -2.06. The zero-order valence-corrected chi connectivity index (χ0v) is 23.6. The van der Waals surface area contributed by atoms with E-state index in [1.54, 1.807) is 0 Å². The zero-order valence-electron chi connectivity index (χ0n) is 23.6. The van der Waals surface area contributed by atoms with Crippen LogP contribution in [0.5, 0.6) is 0 Å². The first-order chi connectivity index (χ1) is 21.8.